The van der Waals surface area contributed by atoms with Crippen LogP contribution in [-0.4, -0.2) is 35.3 Å². The molecule has 0 bridgehead atoms. The maximum absolute atomic E-state index is 5.80. The van der Waals surface area contributed by atoms with Crippen molar-refractivity contribution in [3.63, 3.8) is 0 Å². The molecule has 0 atom stereocenters. The Hall–Kier alpha value is -1.88. The molecule has 2 aromatic rings. The Bertz CT molecular complexity index is 611. The Labute approximate surface area is 112 Å². The number of ether oxygens (including phenoxy) is 1. The molecule has 19 heavy (non-hydrogen) atoms. The van der Waals surface area contributed by atoms with Crippen LogP contribution in [0.15, 0.2) is 24.5 Å². The van der Waals surface area contributed by atoms with Crippen LogP contribution in [0.3, 0.4) is 0 Å². The third-order valence-electron chi connectivity index (χ3n) is 3.36. The van der Waals surface area contributed by atoms with E-state index in [9.17, 15) is 0 Å². The standard InChI is InChI=1S/C14H18N4O/c1-14(2)8-18(5-6-19-14)13-11-4-3-10(15)7-12(11)16-9-17-13/h3-4,7,9H,5-6,8,15H2,1-2H3. The van der Waals surface area contributed by atoms with E-state index in [1.165, 1.54) is 0 Å². The van der Waals surface area contributed by atoms with Crippen LogP contribution in [0.1, 0.15) is 13.8 Å². The number of morpholine rings is 1. The molecule has 5 heteroatoms. The number of rotatable bonds is 1. The molecule has 0 spiro atoms. The summed E-state index contributed by atoms with van der Waals surface area (Å²) in [4.78, 5) is 11.0. The van der Waals surface area contributed by atoms with Gasteiger partial charge < -0.3 is 15.4 Å². The number of fused-ring (bicyclic) bond motifs is 1. The molecule has 2 N–H and O–H groups in total. The number of nitrogens with zero attached hydrogens (tertiary/aromatic N) is 3. The summed E-state index contributed by atoms with van der Waals surface area (Å²) in [6, 6.07) is 5.76. The molecule has 0 saturated carbocycles. The normalized spacial score (nSPS) is 18.7. The number of hydrogen-bond donors (Lipinski definition) is 1. The molecule has 2 heterocycles. The van der Waals surface area contributed by atoms with Crippen molar-refractivity contribution in [2.45, 2.75) is 19.4 Å². The molecule has 0 amide bonds. The fraction of sp³-hybridized carbons (Fsp3) is 0.429. The number of anilines is 2. The van der Waals surface area contributed by atoms with E-state index >= 15 is 0 Å². The van der Waals surface area contributed by atoms with E-state index in [-0.39, 0.29) is 5.60 Å². The van der Waals surface area contributed by atoms with E-state index in [0.29, 0.717) is 6.61 Å². The minimum atomic E-state index is -0.149. The van der Waals surface area contributed by atoms with Gasteiger partial charge in [0.1, 0.15) is 12.1 Å². The highest BCUT2D eigenvalue weighted by atomic mass is 16.5. The first kappa shape index (κ1) is 12.2. The third kappa shape index (κ3) is 2.33. The van der Waals surface area contributed by atoms with E-state index in [2.05, 4.69) is 28.7 Å². The van der Waals surface area contributed by atoms with Crippen LogP contribution in [0.25, 0.3) is 10.9 Å². The average molecular weight is 258 g/mol. The molecule has 1 aliphatic heterocycles. The summed E-state index contributed by atoms with van der Waals surface area (Å²) in [6.07, 6.45) is 1.60. The van der Waals surface area contributed by atoms with Crippen molar-refractivity contribution in [3.8, 4) is 0 Å². The minimum absolute atomic E-state index is 0.149. The number of hydrogen-bond acceptors (Lipinski definition) is 5. The highest BCUT2D eigenvalue weighted by molar-refractivity contribution is 5.91. The van der Waals surface area contributed by atoms with Crippen LogP contribution >= 0.6 is 0 Å². The quantitative estimate of drug-likeness (QED) is 0.790. The van der Waals surface area contributed by atoms with Gasteiger partial charge in [-0.05, 0) is 32.0 Å². The summed E-state index contributed by atoms with van der Waals surface area (Å²) < 4.78 is 5.74. The maximum Gasteiger partial charge on any atom is 0.140 e. The Balaban J connectivity index is 2.05. The molecular weight excluding hydrogens is 240 g/mol. The number of nitrogen functional groups attached to an aromatic ring is 1. The number of nitrogens with two attached hydrogens (primary N) is 1. The lowest BCUT2D eigenvalue weighted by molar-refractivity contribution is -0.0278. The van der Waals surface area contributed by atoms with Crippen LogP contribution in [0.5, 0.6) is 0 Å². The molecule has 1 aliphatic rings. The van der Waals surface area contributed by atoms with Gasteiger partial charge in [-0.15, -0.1) is 0 Å². The zero-order valence-corrected chi connectivity index (χ0v) is 11.3. The third-order valence-corrected chi connectivity index (χ3v) is 3.36. The highest BCUT2D eigenvalue weighted by Gasteiger charge is 2.28. The van der Waals surface area contributed by atoms with Crippen LogP contribution in [0, 0.1) is 0 Å². The van der Waals surface area contributed by atoms with Crippen molar-refractivity contribution >= 4 is 22.4 Å². The summed E-state index contributed by atoms with van der Waals surface area (Å²) in [5.74, 6) is 0.960. The number of aromatic nitrogens is 2. The van der Waals surface area contributed by atoms with Crippen molar-refractivity contribution in [2.75, 3.05) is 30.3 Å². The summed E-state index contributed by atoms with van der Waals surface area (Å²) in [7, 11) is 0. The van der Waals surface area contributed by atoms with Crippen molar-refractivity contribution in [3.05, 3.63) is 24.5 Å². The van der Waals surface area contributed by atoms with E-state index < -0.39 is 0 Å². The van der Waals surface area contributed by atoms with Crippen LogP contribution in [0.2, 0.25) is 0 Å². The average Bonchev–Trinajstić information content (AvgIpc) is 2.36. The molecular formula is C14H18N4O. The lowest BCUT2D eigenvalue weighted by Gasteiger charge is -2.39. The van der Waals surface area contributed by atoms with Gasteiger partial charge in [-0.3, -0.25) is 0 Å². The second-order valence-corrected chi connectivity index (χ2v) is 5.50. The Morgan fingerprint density at radius 1 is 1.32 bits per heavy atom. The first-order valence-electron chi connectivity index (χ1n) is 6.44. The SMILES string of the molecule is CC1(C)CN(c2ncnc3cc(N)ccc23)CCO1. The molecule has 1 fully saturated rings. The zero-order chi connectivity index (χ0) is 13.5. The summed E-state index contributed by atoms with van der Waals surface area (Å²) in [5.41, 5.74) is 7.26. The van der Waals surface area contributed by atoms with Gasteiger partial charge in [0.2, 0.25) is 0 Å². The summed E-state index contributed by atoms with van der Waals surface area (Å²) in [6.45, 7) is 6.58. The molecule has 5 nitrogen and oxygen atoms in total. The molecule has 1 saturated heterocycles. The van der Waals surface area contributed by atoms with Crippen molar-refractivity contribution in [1.82, 2.24) is 9.97 Å². The second kappa shape index (κ2) is 4.35. The summed E-state index contributed by atoms with van der Waals surface area (Å²) >= 11 is 0. The largest absolute Gasteiger partial charge is 0.399 e. The van der Waals surface area contributed by atoms with Crippen molar-refractivity contribution in [1.29, 1.82) is 0 Å². The first-order valence-corrected chi connectivity index (χ1v) is 6.44. The van der Waals surface area contributed by atoms with Crippen LogP contribution in [-0.2, 0) is 4.74 Å². The lowest BCUT2D eigenvalue weighted by Crippen LogP contribution is -2.48. The zero-order valence-electron chi connectivity index (χ0n) is 11.3. The van der Waals surface area contributed by atoms with Gasteiger partial charge in [-0.2, -0.15) is 0 Å². The van der Waals surface area contributed by atoms with E-state index in [1.807, 2.05) is 18.2 Å². The Morgan fingerprint density at radius 2 is 2.16 bits per heavy atom. The van der Waals surface area contributed by atoms with Crippen molar-refractivity contribution in [2.24, 2.45) is 0 Å². The van der Waals surface area contributed by atoms with Gasteiger partial charge in [0.25, 0.3) is 0 Å². The monoisotopic (exact) mass is 258 g/mol. The van der Waals surface area contributed by atoms with E-state index in [4.69, 9.17) is 10.5 Å². The molecule has 0 aliphatic carbocycles. The second-order valence-electron chi connectivity index (χ2n) is 5.50. The van der Waals surface area contributed by atoms with E-state index in [1.54, 1.807) is 6.33 Å². The Kier molecular flexibility index (Phi) is 2.78. The highest BCUT2D eigenvalue weighted by Crippen LogP contribution is 2.28. The van der Waals surface area contributed by atoms with E-state index in [0.717, 1.165) is 35.5 Å². The number of benzene rings is 1. The van der Waals surface area contributed by atoms with Gasteiger partial charge in [0, 0.05) is 24.2 Å². The van der Waals surface area contributed by atoms with Crippen LogP contribution < -0.4 is 10.6 Å². The molecule has 0 radical (unpaired) electrons. The maximum atomic E-state index is 5.80. The molecule has 3 rings (SSSR count). The summed E-state index contributed by atoms with van der Waals surface area (Å²) in [5, 5.41) is 1.04. The molecule has 1 aromatic heterocycles. The van der Waals surface area contributed by atoms with Gasteiger partial charge in [0.05, 0.1) is 17.7 Å². The smallest absolute Gasteiger partial charge is 0.140 e. The van der Waals surface area contributed by atoms with Gasteiger partial charge in [-0.1, -0.05) is 0 Å². The van der Waals surface area contributed by atoms with Crippen molar-refractivity contribution < 1.29 is 4.74 Å². The lowest BCUT2D eigenvalue weighted by atomic mass is 10.1. The van der Waals surface area contributed by atoms with Gasteiger partial charge >= 0.3 is 0 Å². The van der Waals surface area contributed by atoms with Gasteiger partial charge in [0.15, 0.2) is 0 Å². The van der Waals surface area contributed by atoms with Gasteiger partial charge in [-0.25, -0.2) is 9.97 Å². The molecule has 0 unspecified atom stereocenters. The first-order chi connectivity index (χ1) is 9.05. The topological polar surface area (TPSA) is 64.3 Å². The molecule has 100 valence electrons. The fourth-order valence-corrected chi connectivity index (χ4v) is 2.51. The minimum Gasteiger partial charge on any atom is -0.399 e. The predicted octanol–water partition coefficient (Wildman–Crippen LogP) is 1.83. The fourth-order valence-electron chi connectivity index (χ4n) is 2.51. The Morgan fingerprint density at radius 3 is 2.95 bits per heavy atom. The van der Waals surface area contributed by atoms with Crippen LogP contribution in [0.4, 0.5) is 11.5 Å². The predicted molar refractivity (Wildman–Crippen MR) is 76.2 cm³/mol. The molecule has 1 aromatic carbocycles.